The van der Waals surface area contributed by atoms with Crippen LogP contribution in [0.2, 0.25) is 0 Å². The first-order valence-corrected chi connectivity index (χ1v) is 16.3. The van der Waals surface area contributed by atoms with Gasteiger partial charge in [-0.25, -0.2) is 21.8 Å². The maximum absolute atomic E-state index is 13.4. The third-order valence-electron chi connectivity index (χ3n) is 6.72. The van der Waals surface area contributed by atoms with Gasteiger partial charge in [0.15, 0.2) is 5.03 Å². The van der Waals surface area contributed by atoms with Gasteiger partial charge in [0.25, 0.3) is 20.0 Å². The van der Waals surface area contributed by atoms with Gasteiger partial charge < -0.3 is 19.3 Å². The highest BCUT2D eigenvalue weighted by atomic mass is 32.2. The number of hydrogen-bond acceptors (Lipinski definition) is 9. The van der Waals surface area contributed by atoms with Crippen LogP contribution in [-0.4, -0.2) is 85.5 Å². The van der Waals surface area contributed by atoms with Crippen LogP contribution in [0.25, 0.3) is 0 Å². The standard InChI is InChI=1S/C25H33N5O7S3/c1-17-12-30(18(2)15-31)24(32)11-19-10-20(27-39(33,34)25-6-5-9-38-25)7-8-21(19)37-22(17)13-29(4)40(35,36)23-14-28(3)16-26-23/h5-10,14,16-18,22,27,31H,11-13,15H2,1-4H3/t17-,18+,22+/m1/s1. The Balaban J connectivity index is 1.68. The minimum atomic E-state index is -3.92. The van der Waals surface area contributed by atoms with Crippen LogP contribution in [0, 0.1) is 5.92 Å². The van der Waals surface area contributed by atoms with Crippen molar-refractivity contribution < 1.29 is 31.5 Å². The molecule has 1 aliphatic rings. The minimum Gasteiger partial charge on any atom is -0.488 e. The van der Waals surface area contributed by atoms with Gasteiger partial charge in [0.2, 0.25) is 5.91 Å². The third kappa shape index (κ3) is 6.49. The summed E-state index contributed by atoms with van der Waals surface area (Å²) in [5.41, 5.74) is 0.685. The molecule has 0 aliphatic carbocycles. The van der Waals surface area contributed by atoms with Crippen LogP contribution in [0.3, 0.4) is 0 Å². The number of nitrogens with zero attached hydrogens (tertiary/aromatic N) is 4. The summed E-state index contributed by atoms with van der Waals surface area (Å²) in [4.78, 5) is 18.9. The number of anilines is 1. The number of aliphatic hydroxyl groups excluding tert-OH is 1. The number of aromatic nitrogens is 2. The largest absolute Gasteiger partial charge is 0.488 e. The number of sulfonamides is 2. The molecule has 0 fully saturated rings. The molecule has 2 N–H and O–H groups in total. The van der Waals surface area contributed by atoms with Gasteiger partial charge >= 0.3 is 0 Å². The number of thiophene rings is 1. The van der Waals surface area contributed by atoms with Gasteiger partial charge in [-0.15, -0.1) is 11.3 Å². The summed E-state index contributed by atoms with van der Waals surface area (Å²) in [5.74, 6) is -0.264. The van der Waals surface area contributed by atoms with Crippen LogP contribution in [0.15, 0.2) is 57.5 Å². The molecule has 12 nitrogen and oxygen atoms in total. The molecule has 15 heteroatoms. The third-order valence-corrected chi connectivity index (χ3v) is 11.2. The molecule has 0 radical (unpaired) electrons. The molecule has 40 heavy (non-hydrogen) atoms. The van der Waals surface area contributed by atoms with E-state index in [0.29, 0.717) is 11.3 Å². The van der Waals surface area contributed by atoms with Crippen LogP contribution in [0.4, 0.5) is 5.69 Å². The molecular formula is C25H33N5O7S3. The van der Waals surface area contributed by atoms with E-state index in [2.05, 4.69) is 9.71 Å². The molecule has 1 aromatic carbocycles. The molecule has 0 bridgehead atoms. The van der Waals surface area contributed by atoms with Crippen LogP contribution < -0.4 is 9.46 Å². The Morgan fingerprint density at radius 1 is 1.27 bits per heavy atom. The maximum Gasteiger partial charge on any atom is 0.271 e. The summed E-state index contributed by atoms with van der Waals surface area (Å²) in [5, 5.41) is 11.4. The number of rotatable bonds is 9. The zero-order valence-corrected chi connectivity index (χ0v) is 25.0. The number of imidazole rings is 1. The molecular weight excluding hydrogens is 579 g/mol. The predicted molar refractivity (Wildman–Crippen MR) is 150 cm³/mol. The van der Waals surface area contributed by atoms with Crippen LogP contribution in [0.1, 0.15) is 19.4 Å². The van der Waals surface area contributed by atoms with E-state index in [1.165, 1.54) is 36.0 Å². The summed E-state index contributed by atoms with van der Waals surface area (Å²) >= 11 is 1.08. The lowest BCUT2D eigenvalue weighted by Gasteiger charge is -2.33. The van der Waals surface area contributed by atoms with E-state index < -0.39 is 32.2 Å². The van der Waals surface area contributed by atoms with E-state index in [1.54, 1.807) is 47.0 Å². The predicted octanol–water partition coefficient (Wildman–Crippen LogP) is 1.75. The van der Waals surface area contributed by atoms with E-state index >= 15 is 0 Å². The number of benzene rings is 1. The number of carbonyl (C=O) groups excluding carboxylic acids is 1. The molecule has 0 spiro atoms. The second-order valence-corrected chi connectivity index (χ2v) is 14.8. The van der Waals surface area contributed by atoms with Crippen molar-refractivity contribution in [1.29, 1.82) is 0 Å². The molecule has 3 aromatic rings. The number of fused-ring (bicyclic) bond motifs is 1. The molecule has 4 rings (SSSR count). The van der Waals surface area contributed by atoms with Crippen LogP contribution >= 0.6 is 11.3 Å². The van der Waals surface area contributed by atoms with Crippen molar-refractivity contribution in [2.45, 2.75) is 41.6 Å². The van der Waals surface area contributed by atoms with Crippen molar-refractivity contribution in [1.82, 2.24) is 18.8 Å². The van der Waals surface area contributed by atoms with E-state index in [-0.39, 0.29) is 52.9 Å². The van der Waals surface area contributed by atoms with Crippen molar-refractivity contribution >= 4 is 43.0 Å². The average molecular weight is 612 g/mol. The summed E-state index contributed by atoms with van der Waals surface area (Å²) < 4.78 is 63.7. The smallest absolute Gasteiger partial charge is 0.271 e. The normalized spacial score (nSPS) is 19.4. The number of hydrogen-bond donors (Lipinski definition) is 2. The number of nitrogens with one attached hydrogen (secondary N) is 1. The number of aryl methyl sites for hydroxylation is 1. The highest BCUT2D eigenvalue weighted by molar-refractivity contribution is 7.94. The number of amides is 1. The first-order valence-electron chi connectivity index (χ1n) is 12.5. The van der Waals surface area contributed by atoms with Crippen molar-refractivity contribution in [2.24, 2.45) is 13.0 Å². The fraction of sp³-hybridized carbons (Fsp3) is 0.440. The molecule has 2 aromatic heterocycles. The summed E-state index contributed by atoms with van der Waals surface area (Å²) in [6.07, 6.45) is 2.03. The monoisotopic (exact) mass is 611 g/mol. The van der Waals surface area contributed by atoms with Crippen LogP contribution in [0.5, 0.6) is 5.75 Å². The molecule has 218 valence electrons. The highest BCUT2D eigenvalue weighted by Gasteiger charge is 2.34. The number of ether oxygens (including phenoxy) is 1. The van der Waals surface area contributed by atoms with E-state index in [1.807, 2.05) is 6.92 Å². The van der Waals surface area contributed by atoms with E-state index in [0.717, 1.165) is 11.3 Å². The van der Waals surface area contributed by atoms with Crippen molar-refractivity contribution in [2.75, 3.05) is 31.5 Å². The molecule has 3 heterocycles. The Morgan fingerprint density at radius 3 is 2.65 bits per heavy atom. The van der Waals surface area contributed by atoms with Gasteiger partial charge in [-0.2, -0.15) is 4.31 Å². The second-order valence-electron chi connectivity index (χ2n) is 9.91. The van der Waals surface area contributed by atoms with Gasteiger partial charge in [0, 0.05) is 44.0 Å². The summed E-state index contributed by atoms with van der Waals surface area (Å²) in [6, 6.07) is 7.30. The number of carbonyl (C=O) groups is 1. The second kappa shape index (κ2) is 11.9. The zero-order chi connectivity index (χ0) is 29.2. The average Bonchev–Trinajstić information content (AvgIpc) is 3.60. The first-order chi connectivity index (χ1) is 18.8. The summed E-state index contributed by atoms with van der Waals surface area (Å²) in [6.45, 7) is 3.50. The number of aliphatic hydroxyl groups is 1. The Morgan fingerprint density at radius 2 is 2.02 bits per heavy atom. The minimum absolute atomic E-state index is 0.0399. The van der Waals surface area contributed by atoms with Crippen LogP contribution in [-0.2, 0) is 38.3 Å². The zero-order valence-electron chi connectivity index (χ0n) is 22.6. The fourth-order valence-corrected chi connectivity index (χ4v) is 7.55. The quantitative estimate of drug-likeness (QED) is 0.372. The lowest BCUT2D eigenvalue weighted by Crippen LogP contribution is -2.48. The first kappa shape index (κ1) is 30.0. The number of likely N-dealkylation sites (N-methyl/N-ethyl adjacent to an activating group) is 1. The Hall–Kier alpha value is -2.98. The highest BCUT2D eigenvalue weighted by Crippen LogP contribution is 2.31. The van der Waals surface area contributed by atoms with E-state index in [4.69, 9.17) is 4.74 Å². The molecule has 3 atom stereocenters. The molecule has 1 amide bonds. The lowest BCUT2D eigenvalue weighted by atomic mass is 10.0. The van der Waals surface area contributed by atoms with Gasteiger partial charge in [-0.3, -0.25) is 9.52 Å². The maximum atomic E-state index is 13.4. The lowest BCUT2D eigenvalue weighted by molar-refractivity contribution is -0.134. The van der Waals surface area contributed by atoms with Gasteiger partial charge in [0.1, 0.15) is 16.1 Å². The molecule has 0 unspecified atom stereocenters. The van der Waals surface area contributed by atoms with Crippen molar-refractivity contribution in [3.8, 4) is 5.75 Å². The fourth-order valence-electron chi connectivity index (χ4n) is 4.37. The molecule has 1 aliphatic heterocycles. The Labute approximate surface area is 238 Å². The van der Waals surface area contributed by atoms with Crippen molar-refractivity contribution in [3.05, 3.63) is 53.8 Å². The van der Waals surface area contributed by atoms with E-state index in [9.17, 15) is 26.7 Å². The van der Waals surface area contributed by atoms with Gasteiger partial charge in [-0.05, 0) is 36.6 Å². The Kier molecular flexibility index (Phi) is 8.89. The SMILES string of the molecule is C[C@@H]1CN([C@@H](C)CO)C(=O)Cc2cc(NS(=O)(=O)c3cccs3)ccc2O[C@H]1CN(C)S(=O)(=O)c1cn(C)cn1. The van der Waals surface area contributed by atoms with Gasteiger partial charge in [0.05, 0.1) is 31.9 Å². The summed E-state index contributed by atoms with van der Waals surface area (Å²) in [7, 11) is -4.62. The Bertz CT molecular complexity index is 1550. The molecule has 0 saturated heterocycles. The van der Waals surface area contributed by atoms with Crippen molar-refractivity contribution in [3.63, 3.8) is 0 Å². The topological polar surface area (TPSA) is 151 Å². The molecule has 0 saturated carbocycles. The van der Waals surface area contributed by atoms with Gasteiger partial charge in [-0.1, -0.05) is 13.0 Å².